The van der Waals surface area contributed by atoms with Crippen LogP contribution in [-0.4, -0.2) is 9.55 Å². The molecule has 2 atom stereocenters. The predicted molar refractivity (Wildman–Crippen MR) is 89.8 cm³/mol. The Bertz CT molecular complexity index is 734. The van der Waals surface area contributed by atoms with Crippen LogP contribution in [0.25, 0.3) is 11.0 Å². The second-order valence-corrected chi connectivity index (χ2v) is 7.33. The average molecular weight is 370 g/mol. The fourth-order valence-corrected chi connectivity index (χ4v) is 3.71. The first-order chi connectivity index (χ1) is 9.58. The zero-order valence-electron chi connectivity index (χ0n) is 11.2. The lowest BCUT2D eigenvalue weighted by molar-refractivity contribution is 0.628. The van der Waals surface area contributed by atoms with Gasteiger partial charge in [0, 0.05) is 9.35 Å². The summed E-state index contributed by atoms with van der Waals surface area (Å²) in [5, 5.41) is 1.98. The maximum atomic E-state index is 6.33. The largest absolute Gasteiger partial charge is 0.319 e. The third-order valence-electron chi connectivity index (χ3n) is 3.38. The van der Waals surface area contributed by atoms with E-state index in [1.807, 2.05) is 19.1 Å². The molecule has 1 aromatic carbocycles. The Kier molecular flexibility index (Phi) is 3.89. The lowest BCUT2D eigenvalue weighted by atomic mass is 10.2. The van der Waals surface area contributed by atoms with Gasteiger partial charge in [0.25, 0.3) is 0 Å². The molecule has 0 saturated carbocycles. The molecule has 0 saturated heterocycles. The molecule has 2 unspecified atom stereocenters. The summed E-state index contributed by atoms with van der Waals surface area (Å²) < 4.78 is 3.28. The fraction of sp³-hybridized carbons (Fsp3) is 0.267. The Morgan fingerprint density at radius 2 is 2.10 bits per heavy atom. The lowest BCUT2D eigenvalue weighted by Gasteiger charge is -2.17. The molecule has 0 N–H and O–H groups in total. The van der Waals surface area contributed by atoms with E-state index in [2.05, 4.69) is 51.0 Å². The molecule has 0 aliphatic carbocycles. The van der Waals surface area contributed by atoms with Crippen molar-refractivity contribution >= 4 is 49.9 Å². The summed E-state index contributed by atoms with van der Waals surface area (Å²) >= 11 is 11.6. The van der Waals surface area contributed by atoms with Gasteiger partial charge in [-0.2, -0.15) is 0 Å². The molecule has 3 rings (SSSR count). The van der Waals surface area contributed by atoms with Crippen LogP contribution in [0.1, 0.15) is 36.0 Å². The summed E-state index contributed by atoms with van der Waals surface area (Å²) in [6, 6.07) is 10.6. The second kappa shape index (κ2) is 5.51. The highest BCUT2D eigenvalue weighted by molar-refractivity contribution is 9.10. The van der Waals surface area contributed by atoms with E-state index >= 15 is 0 Å². The third-order valence-corrected chi connectivity index (χ3v) is 5.11. The number of fused-ring (bicyclic) bond motifs is 1. The van der Waals surface area contributed by atoms with E-state index in [1.54, 1.807) is 11.3 Å². The molecule has 0 aliphatic heterocycles. The Morgan fingerprint density at radius 3 is 2.75 bits per heavy atom. The minimum Gasteiger partial charge on any atom is -0.319 e. The normalized spacial score (nSPS) is 14.6. The molecule has 2 aromatic heterocycles. The van der Waals surface area contributed by atoms with Crippen molar-refractivity contribution in [1.82, 2.24) is 9.55 Å². The van der Waals surface area contributed by atoms with E-state index in [0.29, 0.717) is 0 Å². The molecule has 2 heterocycles. The van der Waals surface area contributed by atoms with Gasteiger partial charge in [0.2, 0.25) is 0 Å². The molecule has 5 heteroatoms. The van der Waals surface area contributed by atoms with Crippen molar-refractivity contribution in [3.8, 4) is 0 Å². The molecule has 0 bridgehead atoms. The van der Waals surface area contributed by atoms with Crippen LogP contribution in [0.5, 0.6) is 0 Å². The zero-order valence-corrected chi connectivity index (χ0v) is 14.3. The Morgan fingerprint density at radius 1 is 1.30 bits per heavy atom. The van der Waals surface area contributed by atoms with Crippen LogP contribution in [0.3, 0.4) is 0 Å². The Hall–Kier alpha value is -0.840. The van der Waals surface area contributed by atoms with Crippen LogP contribution < -0.4 is 0 Å². The highest BCUT2D eigenvalue weighted by Crippen LogP contribution is 2.33. The molecular formula is C15H14BrClN2S. The number of benzene rings is 1. The van der Waals surface area contributed by atoms with Crippen molar-refractivity contribution in [3.05, 3.63) is 50.9 Å². The quantitative estimate of drug-likeness (QED) is 0.536. The first-order valence-corrected chi connectivity index (χ1v) is 8.53. The van der Waals surface area contributed by atoms with Gasteiger partial charge < -0.3 is 4.57 Å². The molecule has 3 aromatic rings. The van der Waals surface area contributed by atoms with Crippen molar-refractivity contribution in [2.24, 2.45) is 0 Å². The summed E-state index contributed by atoms with van der Waals surface area (Å²) in [5.41, 5.74) is 2.10. The molecule has 2 nitrogen and oxygen atoms in total. The summed E-state index contributed by atoms with van der Waals surface area (Å²) in [4.78, 5) is 6.02. The average Bonchev–Trinajstić information content (AvgIpc) is 3.04. The molecule has 20 heavy (non-hydrogen) atoms. The van der Waals surface area contributed by atoms with Crippen molar-refractivity contribution in [3.63, 3.8) is 0 Å². The third kappa shape index (κ3) is 2.41. The maximum absolute atomic E-state index is 6.33. The van der Waals surface area contributed by atoms with Crippen LogP contribution in [0.2, 0.25) is 0 Å². The first kappa shape index (κ1) is 14.1. The van der Waals surface area contributed by atoms with Gasteiger partial charge in [-0.1, -0.05) is 22.0 Å². The van der Waals surface area contributed by atoms with Gasteiger partial charge in [-0.05, 0) is 43.5 Å². The van der Waals surface area contributed by atoms with Gasteiger partial charge in [-0.25, -0.2) is 4.98 Å². The van der Waals surface area contributed by atoms with E-state index < -0.39 is 0 Å². The highest BCUT2D eigenvalue weighted by atomic mass is 79.9. The minimum absolute atomic E-state index is 0.122. The van der Waals surface area contributed by atoms with Crippen molar-refractivity contribution in [1.29, 1.82) is 0 Å². The Labute approximate surface area is 135 Å². The fourth-order valence-electron chi connectivity index (χ4n) is 2.43. The van der Waals surface area contributed by atoms with Crippen LogP contribution in [0.4, 0.5) is 0 Å². The van der Waals surface area contributed by atoms with Gasteiger partial charge in [0.15, 0.2) is 0 Å². The first-order valence-electron chi connectivity index (χ1n) is 6.43. The molecule has 104 valence electrons. The Balaban J connectivity index is 2.24. The van der Waals surface area contributed by atoms with E-state index in [9.17, 15) is 0 Å². The predicted octanol–water partition coefficient (Wildman–Crippen LogP) is 5.77. The monoisotopic (exact) mass is 368 g/mol. The van der Waals surface area contributed by atoms with Gasteiger partial charge in [-0.3, -0.25) is 0 Å². The minimum atomic E-state index is -0.122. The molecule has 0 radical (unpaired) electrons. The summed E-state index contributed by atoms with van der Waals surface area (Å²) in [5.74, 6) is 0.917. The van der Waals surface area contributed by atoms with E-state index in [-0.39, 0.29) is 11.4 Å². The van der Waals surface area contributed by atoms with Gasteiger partial charge in [-0.15, -0.1) is 22.9 Å². The highest BCUT2D eigenvalue weighted by Gasteiger charge is 2.20. The van der Waals surface area contributed by atoms with Crippen LogP contribution in [0, 0.1) is 0 Å². The molecule has 0 fully saturated rings. The number of aromatic nitrogens is 2. The molecular weight excluding hydrogens is 356 g/mol. The maximum Gasteiger partial charge on any atom is 0.128 e. The number of nitrogens with zero attached hydrogens (tertiary/aromatic N) is 2. The van der Waals surface area contributed by atoms with E-state index in [0.717, 1.165) is 21.3 Å². The van der Waals surface area contributed by atoms with E-state index in [4.69, 9.17) is 16.6 Å². The van der Waals surface area contributed by atoms with Crippen LogP contribution in [-0.2, 0) is 0 Å². The number of hydrogen-bond acceptors (Lipinski definition) is 2. The number of hydrogen-bond donors (Lipinski definition) is 0. The van der Waals surface area contributed by atoms with Crippen molar-refractivity contribution in [2.45, 2.75) is 25.3 Å². The number of rotatable bonds is 3. The van der Waals surface area contributed by atoms with Crippen molar-refractivity contribution in [2.75, 3.05) is 0 Å². The summed E-state index contributed by atoms with van der Waals surface area (Å²) in [7, 11) is 0. The van der Waals surface area contributed by atoms with Gasteiger partial charge in [0.05, 0.1) is 22.5 Å². The topological polar surface area (TPSA) is 17.8 Å². The van der Waals surface area contributed by atoms with Gasteiger partial charge in [0.1, 0.15) is 5.82 Å². The smallest absolute Gasteiger partial charge is 0.128 e. The number of halogens is 2. The van der Waals surface area contributed by atoms with Crippen LogP contribution >= 0.6 is 38.9 Å². The number of imidazole rings is 1. The van der Waals surface area contributed by atoms with Gasteiger partial charge >= 0.3 is 0 Å². The lowest BCUT2D eigenvalue weighted by Crippen LogP contribution is -2.10. The van der Waals surface area contributed by atoms with E-state index in [1.165, 1.54) is 4.88 Å². The van der Waals surface area contributed by atoms with Crippen molar-refractivity contribution < 1.29 is 0 Å². The molecule has 0 aliphatic rings. The number of alkyl halides is 1. The summed E-state index contributed by atoms with van der Waals surface area (Å²) in [6.45, 7) is 4.16. The second-order valence-electron chi connectivity index (χ2n) is 4.78. The SMILES string of the molecule is CC(Cl)c1nc2cc(Br)ccc2n1C(C)c1cccs1. The molecule has 0 spiro atoms. The zero-order chi connectivity index (χ0) is 14.3. The van der Waals surface area contributed by atoms with Crippen LogP contribution in [0.15, 0.2) is 40.2 Å². The molecule has 0 amide bonds. The standard InChI is InChI=1S/C15H14BrClN2S/c1-9(17)15-18-12-8-11(16)5-6-13(12)19(15)10(2)14-4-3-7-20-14/h3-10H,1-2H3. The summed E-state index contributed by atoms with van der Waals surface area (Å²) in [6.07, 6.45) is 0. The number of thiophene rings is 1.